The molecule has 2 atom stereocenters. The molecule has 0 saturated carbocycles. The fourth-order valence-corrected chi connectivity index (χ4v) is 3.74. The molecule has 1 saturated heterocycles. The summed E-state index contributed by atoms with van der Waals surface area (Å²) < 4.78 is 5.02. The summed E-state index contributed by atoms with van der Waals surface area (Å²) in [4.78, 5) is 29.9. The van der Waals surface area contributed by atoms with Crippen molar-refractivity contribution in [2.75, 3.05) is 40.4 Å². The molecule has 6 heteroatoms. The summed E-state index contributed by atoms with van der Waals surface area (Å²) in [6.45, 7) is 4.35. The molecule has 1 aliphatic heterocycles. The van der Waals surface area contributed by atoms with Crippen molar-refractivity contribution in [3.63, 3.8) is 0 Å². The van der Waals surface area contributed by atoms with Crippen molar-refractivity contribution in [1.82, 2.24) is 9.80 Å². The number of piperidine rings is 1. The first kappa shape index (κ1) is 17.9. The lowest BCUT2D eigenvalue weighted by atomic mass is 9.95. The van der Waals surface area contributed by atoms with Crippen LogP contribution in [-0.2, 0) is 14.3 Å². The summed E-state index contributed by atoms with van der Waals surface area (Å²) >= 11 is 1.61. The standard InChI is InChI=1S/C17H26N2O3S/c1-13(15-7-5-11-23-15)16(20)19-8-4-6-14(12-19)17(21)18(2)9-10-22-3/h5,7,11,13-14H,4,6,8-10,12H2,1-3H3/t13-,14-/m0/s1. The van der Waals surface area contributed by atoms with Crippen LogP contribution in [0.3, 0.4) is 0 Å². The third-order valence-electron chi connectivity index (χ3n) is 4.43. The van der Waals surface area contributed by atoms with Gasteiger partial charge in [-0.15, -0.1) is 11.3 Å². The molecule has 1 aliphatic rings. The van der Waals surface area contributed by atoms with E-state index in [2.05, 4.69) is 0 Å². The zero-order valence-corrected chi connectivity index (χ0v) is 15.0. The molecule has 0 radical (unpaired) electrons. The van der Waals surface area contributed by atoms with Crippen molar-refractivity contribution in [2.45, 2.75) is 25.7 Å². The number of carbonyl (C=O) groups is 2. The molecule has 5 nitrogen and oxygen atoms in total. The second-order valence-corrected chi connectivity index (χ2v) is 7.09. The van der Waals surface area contributed by atoms with Crippen molar-refractivity contribution in [1.29, 1.82) is 0 Å². The van der Waals surface area contributed by atoms with E-state index in [1.165, 1.54) is 0 Å². The number of likely N-dealkylation sites (tertiary alicyclic amines) is 1. The molecule has 128 valence electrons. The highest BCUT2D eigenvalue weighted by Crippen LogP contribution is 2.26. The fraction of sp³-hybridized carbons (Fsp3) is 0.647. The van der Waals surface area contributed by atoms with Crippen molar-refractivity contribution in [2.24, 2.45) is 5.92 Å². The molecule has 0 spiro atoms. The van der Waals surface area contributed by atoms with E-state index in [1.54, 1.807) is 30.4 Å². The minimum atomic E-state index is -0.130. The van der Waals surface area contributed by atoms with Crippen LogP contribution >= 0.6 is 11.3 Å². The number of hydrogen-bond donors (Lipinski definition) is 0. The van der Waals surface area contributed by atoms with Crippen LogP contribution in [0.2, 0.25) is 0 Å². The molecule has 1 aromatic heterocycles. The number of methoxy groups -OCH3 is 1. The van der Waals surface area contributed by atoms with E-state index >= 15 is 0 Å². The van der Waals surface area contributed by atoms with Crippen molar-refractivity contribution >= 4 is 23.2 Å². The van der Waals surface area contributed by atoms with Crippen molar-refractivity contribution in [3.8, 4) is 0 Å². The summed E-state index contributed by atoms with van der Waals surface area (Å²) in [7, 11) is 3.43. The quantitative estimate of drug-likeness (QED) is 0.799. The second kappa shape index (κ2) is 8.45. The lowest BCUT2D eigenvalue weighted by molar-refractivity contribution is -0.140. The number of ether oxygens (including phenoxy) is 1. The molecule has 2 heterocycles. The lowest BCUT2D eigenvalue weighted by Crippen LogP contribution is -2.47. The number of carbonyl (C=O) groups excluding carboxylic acids is 2. The molecule has 1 aromatic rings. The number of likely N-dealkylation sites (N-methyl/N-ethyl adjacent to an activating group) is 1. The normalized spacial score (nSPS) is 19.4. The molecule has 2 amide bonds. The van der Waals surface area contributed by atoms with Gasteiger partial charge in [0.05, 0.1) is 18.4 Å². The lowest BCUT2D eigenvalue weighted by Gasteiger charge is -2.35. The maximum atomic E-state index is 12.7. The van der Waals surface area contributed by atoms with Crippen LogP contribution in [0.25, 0.3) is 0 Å². The third-order valence-corrected chi connectivity index (χ3v) is 5.48. The van der Waals surface area contributed by atoms with E-state index in [9.17, 15) is 9.59 Å². The van der Waals surface area contributed by atoms with E-state index in [0.717, 1.165) is 24.3 Å². The summed E-state index contributed by atoms with van der Waals surface area (Å²) in [5.41, 5.74) is 0. The molecule has 0 aliphatic carbocycles. The molecule has 1 fully saturated rings. The number of hydrogen-bond acceptors (Lipinski definition) is 4. The maximum Gasteiger partial charge on any atom is 0.230 e. The van der Waals surface area contributed by atoms with Gasteiger partial charge in [-0.3, -0.25) is 9.59 Å². The third kappa shape index (κ3) is 4.54. The Morgan fingerprint density at radius 3 is 2.96 bits per heavy atom. The maximum absolute atomic E-state index is 12.7. The minimum absolute atomic E-state index is 0.0925. The predicted octanol–water partition coefficient (Wildman–Crippen LogP) is 2.20. The number of nitrogens with zero attached hydrogens (tertiary/aromatic N) is 2. The van der Waals surface area contributed by atoms with Gasteiger partial charge in [0.25, 0.3) is 0 Å². The Balaban J connectivity index is 1.94. The van der Waals surface area contributed by atoms with Gasteiger partial charge < -0.3 is 14.5 Å². The van der Waals surface area contributed by atoms with Crippen molar-refractivity contribution in [3.05, 3.63) is 22.4 Å². The van der Waals surface area contributed by atoms with Crippen LogP contribution in [-0.4, -0.2) is 62.0 Å². The Bertz CT molecular complexity index is 518. The van der Waals surface area contributed by atoms with Crippen LogP contribution in [0.15, 0.2) is 17.5 Å². The molecule has 2 rings (SSSR count). The first-order valence-electron chi connectivity index (χ1n) is 8.10. The van der Waals surface area contributed by atoms with Gasteiger partial charge in [-0.2, -0.15) is 0 Å². The SMILES string of the molecule is COCCN(C)C(=O)[C@H]1CCCN(C(=O)[C@@H](C)c2cccs2)C1. The van der Waals surface area contributed by atoms with E-state index in [4.69, 9.17) is 4.74 Å². The smallest absolute Gasteiger partial charge is 0.230 e. The first-order chi connectivity index (χ1) is 11.0. The highest BCUT2D eigenvalue weighted by molar-refractivity contribution is 7.10. The van der Waals surface area contributed by atoms with Crippen LogP contribution in [0.4, 0.5) is 0 Å². The van der Waals surface area contributed by atoms with E-state index < -0.39 is 0 Å². The predicted molar refractivity (Wildman–Crippen MR) is 91.6 cm³/mol. The minimum Gasteiger partial charge on any atom is -0.383 e. The Morgan fingerprint density at radius 1 is 1.52 bits per heavy atom. The molecular formula is C17H26N2O3S. The second-order valence-electron chi connectivity index (χ2n) is 6.11. The molecule has 0 bridgehead atoms. The largest absolute Gasteiger partial charge is 0.383 e. The van der Waals surface area contributed by atoms with Gasteiger partial charge in [-0.1, -0.05) is 6.07 Å². The summed E-state index contributed by atoms with van der Waals surface area (Å²) in [5.74, 6) is 0.0213. The zero-order chi connectivity index (χ0) is 16.8. The van der Waals surface area contributed by atoms with Crippen LogP contribution < -0.4 is 0 Å². The highest BCUT2D eigenvalue weighted by atomic mass is 32.1. The Hall–Kier alpha value is -1.40. The van der Waals surface area contributed by atoms with Gasteiger partial charge in [0.15, 0.2) is 0 Å². The number of rotatable bonds is 6. The Kier molecular flexibility index (Phi) is 6.59. The monoisotopic (exact) mass is 338 g/mol. The fourth-order valence-electron chi connectivity index (χ4n) is 2.96. The van der Waals surface area contributed by atoms with Gasteiger partial charge in [0.2, 0.25) is 11.8 Å². The van der Waals surface area contributed by atoms with Crippen LogP contribution in [0.5, 0.6) is 0 Å². The van der Waals surface area contributed by atoms with Crippen LogP contribution in [0.1, 0.15) is 30.6 Å². The molecule has 23 heavy (non-hydrogen) atoms. The first-order valence-corrected chi connectivity index (χ1v) is 8.98. The van der Waals surface area contributed by atoms with Crippen LogP contribution in [0, 0.1) is 5.92 Å². The van der Waals surface area contributed by atoms with Crippen molar-refractivity contribution < 1.29 is 14.3 Å². The highest BCUT2D eigenvalue weighted by Gasteiger charge is 2.32. The number of amides is 2. The van der Waals surface area contributed by atoms with Gasteiger partial charge in [0, 0.05) is 38.7 Å². The Morgan fingerprint density at radius 2 is 2.30 bits per heavy atom. The van der Waals surface area contributed by atoms with Gasteiger partial charge in [-0.05, 0) is 31.2 Å². The zero-order valence-electron chi connectivity index (χ0n) is 14.2. The summed E-state index contributed by atoms with van der Waals surface area (Å²) in [6, 6.07) is 3.97. The average Bonchev–Trinajstić information content (AvgIpc) is 3.12. The molecule has 0 aromatic carbocycles. The molecule has 0 N–H and O–H groups in total. The van der Waals surface area contributed by atoms with E-state index in [0.29, 0.717) is 19.7 Å². The molecule has 0 unspecified atom stereocenters. The van der Waals surface area contributed by atoms with Gasteiger partial charge in [-0.25, -0.2) is 0 Å². The summed E-state index contributed by atoms with van der Waals surface area (Å²) in [6.07, 6.45) is 1.74. The number of thiophene rings is 1. The topological polar surface area (TPSA) is 49.9 Å². The average molecular weight is 338 g/mol. The summed E-state index contributed by atoms with van der Waals surface area (Å²) in [5, 5.41) is 1.99. The van der Waals surface area contributed by atoms with E-state index in [-0.39, 0.29) is 23.7 Å². The molecular weight excluding hydrogens is 312 g/mol. The van der Waals surface area contributed by atoms with Gasteiger partial charge >= 0.3 is 0 Å². The Labute approximate surface area is 142 Å². The van der Waals surface area contributed by atoms with Gasteiger partial charge in [0.1, 0.15) is 0 Å². The van der Waals surface area contributed by atoms with E-state index in [1.807, 2.05) is 29.3 Å².